The van der Waals surface area contributed by atoms with Gasteiger partial charge >= 0.3 is 5.97 Å². The lowest BCUT2D eigenvalue weighted by Crippen LogP contribution is -2.14. The molecule has 0 bridgehead atoms. The molecule has 0 saturated carbocycles. The van der Waals surface area contributed by atoms with Gasteiger partial charge in [-0.1, -0.05) is 19.9 Å². The van der Waals surface area contributed by atoms with Crippen LogP contribution in [0.2, 0.25) is 0 Å². The van der Waals surface area contributed by atoms with E-state index in [0.29, 0.717) is 11.5 Å². The number of hydrogen-bond donors (Lipinski definition) is 3. The molecule has 4 N–H and O–H groups in total. The average molecular weight is 222 g/mol. The Balaban J connectivity index is 2.99. The van der Waals surface area contributed by atoms with Crippen LogP contribution in [0.3, 0.4) is 0 Å². The summed E-state index contributed by atoms with van der Waals surface area (Å²) in [7, 11) is 0. The molecular weight excluding hydrogens is 204 g/mol. The first kappa shape index (κ1) is 12.5. The van der Waals surface area contributed by atoms with Crippen LogP contribution in [0.25, 0.3) is 0 Å². The van der Waals surface area contributed by atoms with Crippen molar-refractivity contribution < 1.29 is 9.90 Å². The van der Waals surface area contributed by atoms with E-state index in [9.17, 15) is 4.79 Å². The number of nitrogens with two attached hydrogens (primary N) is 1. The zero-order valence-corrected chi connectivity index (χ0v) is 9.66. The van der Waals surface area contributed by atoms with Gasteiger partial charge in [0.2, 0.25) is 0 Å². The summed E-state index contributed by atoms with van der Waals surface area (Å²) in [6.07, 6.45) is 0. The van der Waals surface area contributed by atoms with Crippen molar-refractivity contribution in [3.63, 3.8) is 0 Å². The van der Waals surface area contributed by atoms with E-state index < -0.39 is 5.97 Å². The molecule has 0 spiro atoms. The van der Waals surface area contributed by atoms with Crippen LogP contribution in [-0.2, 0) is 6.54 Å². The van der Waals surface area contributed by atoms with Crippen LogP contribution in [0.4, 0.5) is 5.69 Å². The van der Waals surface area contributed by atoms with Gasteiger partial charge in [-0.2, -0.15) is 0 Å². The second kappa shape index (κ2) is 5.51. The predicted molar refractivity (Wildman–Crippen MR) is 64.6 cm³/mol. The first-order valence-electron chi connectivity index (χ1n) is 5.35. The molecule has 0 aliphatic heterocycles. The largest absolute Gasteiger partial charge is 0.478 e. The van der Waals surface area contributed by atoms with Crippen molar-refractivity contribution in [2.75, 3.05) is 11.9 Å². The third-order valence-corrected chi connectivity index (χ3v) is 2.31. The highest BCUT2D eigenvalue weighted by Gasteiger charge is 2.12. The van der Waals surface area contributed by atoms with Gasteiger partial charge in [-0.3, -0.25) is 0 Å². The van der Waals surface area contributed by atoms with Gasteiger partial charge < -0.3 is 16.2 Å². The summed E-state index contributed by atoms with van der Waals surface area (Å²) in [5.41, 5.74) is 7.35. The molecule has 4 heteroatoms. The number of carboxylic acids is 1. The van der Waals surface area contributed by atoms with Crippen molar-refractivity contribution >= 4 is 11.7 Å². The quantitative estimate of drug-likeness (QED) is 0.711. The number of benzene rings is 1. The second-order valence-corrected chi connectivity index (χ2v) is 4.12. The summed E-state index contributed by atoms with van der Waals surface area (Å²) in [4.78, 5) is 11.0. The molecule has 4 nitrogen and oxygen atoms in total. The number of aromatic carboxylic acids is 1. The summed E-state index contributed by atoms with van der Waals surface area (Å²) in [6, 6.07) is 5.16. The fraction of sp³-hybridized carbons (Fsp3) is 0.417. The van der Waals surface area contributed by atoms with Crippen LogP contribution in [0, 0.1) is 5.92 Å². The summed E-state index contributed by atoms with van der Waals surface area (Å²) >= 11 is 0. The molecule has 0 aliphatic rings. The molecule has 1 rings (SSSR count). The number of anilines is 1. The van der Waals surface area contributed by atoms with Gasteiger partial charge in [0.15, 0.2) is 0 Å². The number of rotatable bonds is 5. The van der Waals surface area contributed by atoms with Crippen molar-refractivity contribution in [3.8, 4) is 0 Å². The van der Waals surface area contributed by atoms with Crippen molar-refractivity contribution in [1.29, 1.82) is 0 Å². The van der Waals surface area contributed by atoms with Gasteiger partial charge in [-0.25, -0.2) is 4.79 Å². The molecule has 1 aromatic rings. The van der Waals surface area contributed by atoms with E-state index in [0.717, 1.165) is 12.2 Å². The number of hydrogen-bond acceptors (Lipinski definition) is 3. The summed E-state index contributed by atoms with van der Waals surface area (Å²) in [6.45, 7) is 5.21. The van der Waals surface area contributed by atoms with Gasteiger partial charge in [0.25, 0.3) is 0 Å². The third kappa shape index (κ3) is 2.97. The van der Waals surface area contributed by atoms with Crippen molar-refractivity contribution in [1.82, 2.24) is 0 Å². The number of carboxylic acid groups (broad SMARTS) is 1. The lowest BCUT2D eigenvalue weighted by molar-refractivity contribution is 0.0696. The predicted octanol–water partition coefficient (Wildman–Crippen LogP) is 1.91. The maximum absolute atomic E-state index is 11.0. The molecule has 0 heterocycles. The molecule has 0 aliphatic carbocycles. The highest BCUT2D eigenvalue weighted by Crippen LogP contribution is 2.20. The molecular formula is C12H18N2O2. The average Bonchev–Trinajstić information content (AvgIpc) is 2.25. The highest BCUT2D eigenvalue weighted by molar-refractivity contribution is 5.91. The Bertz CT molecular complexity index is 375. The first-order valence-corrected chi connectivity index (χ1v) is 5.35. The van der Waals surface area contributed by atoms with Crippen LogP contribution >= 0.6 is 0 Å². The standard InChI is InChI=1S/C12H18N2O2/c1-8(2)7-14-11-5-3-4-9(12(15)16)10(11)6-13/h3-5,8,14H,6-7,13H2,1-2H3,(H,15,16). The normalized spacial score (nSPS) is 10.5. The summed E-state index contributed by atoms with van der Waals surface area (Å²) in [5, 5.41) is 12.2. The number of carbonyl (C=O) groups is 1. The molecule has 0 aromatic heterocycles. The molecule has 0 fully saturated rings. The monoisotopic (exact) mass is 222 g/mol. The van der Waals surface area contributed by atoms with Gasteiger partial charge in [0.1, 0.15) is 0 Å². The number of nitrogens with one attached hydrogen (secondary N) is 1. The van der Waals surface area contributed by atoms with Crippen LogP contribution in [0.15, 0.2) is 18.2 Å². The molecule has 0 unspecified atom stereocenters. The van der Waals surface area contributed by atoms with E-state index in [1.54, 1.807) is 12.1 Å². The summed E-state index contributed by atoms with van der Waals surface area (Å²) in [5.74, 6) is -0.437. The molecule has 0 radical (unpaired) electrons. The van der Waals surface area contributed by atoms with E-state index in [4.69, 9.17) is 10.8 Å². The second-order valence-electron chi connectivity index (χ2n) is 4.12. The maximum Gasteiger partial charge on any atom is 0.336 e. The minimum absolute atomic E-state index is 0.225. The van der Waals surface area contributed by atoms with Crippen LogP contribution in [0.1, 0.15) is 29.8 Å². The third-order valence-electron chi connectivity index (χ3n) is 2.31. The molecule has 0 atom stereocenters. The van der Waals surface area contributed by atoms with Crippen molar-refractivity contribution in [3.05, 3.63) is 29.3 Å². The minimum atomic E-state index is -0.936. The fourth-order valence-electron chi connectivity index (χ4n) is 1.49. The molecule has 16 heavy (non-hydrogen) atoms. The minimum Gasteiger partial charge on any atom is -0.478 e. The van der Waals surface area contributed by atoms with Gasteiger partial charge in [0.05, 0.1) is 5.56 Å². The van der Waals surface area contributed by atoms with Crippen LogP contribution < -0.4 is 11.1 Å². The topological polar surface area (TPSA) is 75.3 Å². The van der Waals surface area contributed by atoms with E-state index in [2.05, 4.69) is 19.2 Å². The molecule has 1 aromatic carbocycles. The van der Waals surface area contributed by atoms with Crippen molar-refractivity contribution in [2.24, 2.45) is 11.7 Å². The fourth-order valence-corrected chi connectivity index (χ4v) is 1.49. The Morgan fingerprint density at radius 3 is 2.69 bits per heavy atom. The Morgan fingerprint density at radius 1 is 1.50 bits per heavy atom. The Labute approximate surface area is 95.5 Å². The maximum atomic E-state index is 11.0. The summed E-state index contributed by atoms with van der Waals surface area (Å²) < 4.78 is 0. The Hall–Kier alpha value is -1.55. The molecule has 0 saturated heterocycles. The first-order chi connectivity index (χ1) is 7.56. The molecule has 0 amide bonds. The highest BCUT2D eigenvalue weighted by atomic mass is 16.4. The van der Waals surface area contributed by atoms with E-state index in [-0.39, 0.29) is 12.1 Å². The zero-order chi connectivity index (χ0) is 12.1. The SMILES string of the molecule is CC(C)CNc1cccc(C(=O)O)c1CN. The van der Waals surface area contributed by atoms with Gasteiger partial charge in [-0.15, -0.1) is 0 Å². The molecule has 88 valence electrons. The van der Waals surface area contributed by atoms with Crippen LogP contribution in [-0.4, -0.2) is 17.6 Å². The van der Waals surface area contributed by atoms with E-state index >= 15 is 0 Å². The lowest BCUT2D eigenvalue weighted by atomic mass is 10.0. The Morgan fingerprint density at radius 2 is 2.19 bits per heavy atom. The van der Waals surface area contributed by atoms with Crippen molar-refractivity contribution in [2.45, 2.75) is 20.4 Å². The van der Waals surface area contributed by atoms with E-state index in [1.165, 1.54) is 0 Å². The van der Waals surface area contributed by atoms with Gasteiger partial charge in [-0.05, 0) is 18.1 Å². The van der Waals surface area contributed by atoms with Crippen LogP contribution in [0.5, 0.6) is 0 Å². The lowest BCUT2D eigenvalue weighted by Gasteiger charge is -2.14. The Kier molecular flexibility index (Phi) is 4.31. The van der Waals surface area contributed by atoms with Gasteiger partial charge in [0, 0.05) is 24.3 Å². The smallest absolute Gasteiger partial charge is 0.336 e. The van der Waals surface area contributed by atoms with E-state index in [1.807, 2.05) is 6.07 Å². The zero-order valence-electron chi connectivity index (χ0n) is 9.66.